The standard InChI is InChI=1S/C26H23N3O2/c1-16(30)18-11-12-29(17(2)31)15-23(18)26(21-13-27-24-9-5-3-7-19(21)24)22-14-28-25-10-6-4-8-20(22)25/h3-15,18,26-28H,1-2H3/t18-/m1/s1. The van der Waals surface area contributed by atoms with Crippen LogP contribution in [0.15, 0.2) is 85.0 Å². The van der Waals surface area contributed by atoms with Crippen LogP contribution in [-0.4, -0.2) is 26.6 Å². The maximum Gasteiger partial charge on any atom is 0.227 e. The SMILES string of the molecule is CC(=O)[C@H]1C=CN(C(C)=O)C=C1C(c1c[nH]c2ccccc12)c1c[nH]c2ccccc12. The van der Waals surface area contributed by atoms with E-state index < -0.39 is 5.92 Å². The minimum absolute atomic E-state index is 0.0513. The molecule has 0 spiro atoms. The quantitative estimate of drug-likeness (QED) is 0.484. The van der Waals surface area contributed by atoms with Crippen LogP contribution in [0.5, 0.6) is 0 Å². The number of Topliss-reactive ketones (excluding diaryl/α,β-unsaturated/α-hetero) is 1. The van der Waals surface area contributed by atoms with Gasteiger partial charge in [-0.15, -0.1) is 0 Å². The second-order valence-electron chi connectivity index (χ2n) is 8.00. The number of carbonyl (C=O) groups is 2. The lowest BCUT2D eigenvalue weighted by molar-refractivity contribution is -0.125. The first-order chi connectivity index (χ1) is 15.0. The van der Waals surface area contributed by atoms with E-state index in [1.54, 1.807) is 18.0 Å². The van der Waals surface area contributed by atoms with E-state index >= 15 is 0 Å². The van der Waals surface area contributed by atoms with Crippen LogP contribution in [0.1, 0.15) is 30.9 Å². The first-order valence-electron chi connectivity index (χ1n) is 10.4. The predicted octanol–water partition coefficient (Wildman–Crippen LogP) is 5.25. The van der Waals surface area contributed by atoms with Crippen molar-refractivity contribution in [2.45, 2.75) is 19.8 Å². The Morgan fingerprint density at radius 3 is 1.94 bits per heavy atom. The summed E-state index contributed by atoms with van der Waals surface area (Å²) < 4.78 is 0. The normalized spacial score (nSPS) is 16.3. The maximum atomic E-state index is 12.6. The van der Waals surface area contributed by atoms with E-state index in [0.29, 0.717) is 0 Å². The zero-order valence-corrected chi connectivity index (χ0v) is 17.4. The molecule has 1 aliphatic rings. The number of amides is 1. The second kappa shape index (κ2) is 7.43. The summed E-state index contributed by atoms with van der Waals surface area (Å²) in [5.41, 5.74) is 5.13. The van der Waals surface area contributed by atoms with Crippen molar-refractivity contribution in [3.05, 3.63) is 96.1 Å². The van der Waals surface area contributed by atoms with Gasteiger partial charge in [0.05, 0.1) is 5.92 Å². The average molecular weight is 409 g/mol. The molecule has 4 aromatic rings. The van der Waals surface area contributed by atoms with Crippen molar-refractivity contribution < 1.29 is 9.59 Å². The molecule has 0 unspecified atom stereocenters. The molecule has 2 aromatic heterocycles. The van der Waals surface area contributed by atoms with E-state index in [0.717, 1.165) is 38.5 Å². The van der Waals surface area contributed by atoms with Crippen molar-refractivity contribution in [3.63, 3.8) is 0 Å². The van der Waals surface area contributed by atoms with Crippen molar-refractivity contribution in [3.8, 4) is 0 Å². The van der Waals surface area contributed by atoms with Gasteiger partial charge in [0, 0.05) is 59.4 Å². The van der Waals surface area contributed by atoms with E-state index in [9.17, 15) is 9.59 Å². The van der Waals surface area contributed by atoms with Gasteiger partial charge < -0.3 is 9.97 Å². The fourth-order valence-corrected chi connectivity index (χ4v) is 4.59. The zero-order chi connectivity index (χ0) is 21.5. The van der Waals surface area contributed by atoms with Crippen LogP contribution in [0.4, 0.5) is 0 Å². The third-order valence-electron chi connectivity index (χ3n) is 6.09. The van der Waals surface area contributed by atoms with E-state index in [2.05, 4.69) is 22.1 Å². The van der Waals surface area contributed by atoms with Gasteiger partial charge in [-0.25, -0.2) is 0 Å². The van der Waals surface area contributed by atoms with Crippen LogP contribution in [0, 0.1) is 5.92 Å². The first-order valence-corrected chi connectivity index (χ1v) is 10.4. The fourth-order valence-electron chi connectivity index (χ4n) is 4.59. The molecule has 154 valence electrons. The topological polar surface area (TPSA) is 69.0 Å². The number of nitrogens with zero attached hydrogens (tertiary/aromatic N) is 1. The number of ketones is 1. The lowest BCUT2D eigenvalue weighted by atomic mass is 9.77. The summed E-state index contributed by atoms with van der Waals surface area (Å²) >= 11 is 0. The number of H-pyrrole nitrogens is 2. The van der Waals surface area contributed by atoms with E-state index in [1.165, 1.54) is 6.92 Å². The molecule has 1 amide bonds. The van der Waals surface area contributed by atoms with E-state index in [4.69, 9.17) is 0 Å². The second-order valence-corrected chi connectivity index (χ2v) is 8.00. The Labute approximate surface area is 180 Å². The highest BCUT2D eigenvalue weighted by Crippen LogP contribution is 2.43. The van der Waals surface area contributed by atoms with Gasteiger partial charge in [0.1, 0.15) is 5.78 Å². The van der Waals surface area contributed by atoms with Crippen molar-refractivity contribution >= 4 is 33.5 Å². The number of carbonyl (C=O) groups excluding carboxylic acids is 2. The molecule has 0 radical (unpaired) electrons. The van der Waals surface area contributed by atoms with E-state index in [-0.39, 0.29) is 17.6 Å². The monoisotopic (exact) mass is 409 g/mol. The number of aromatic nitrogens is 2. The van der Waals surface area contributed by atoms with Crippen LogP contribution in [-0.2, 0) is 9.59 Å². The van der Waals surface area contributed by atoms with Crippen molar-refractivity contribution in [2.24, 2.45) is 5.92 Å². The summed E-state index contributed by atoms with van der Waals surface area (Å²) in [4.78, 5) is 33.1. The van der Waals surface area contributed by atoms with Crippen molar-refractivity contribution in [1.29, 1.82) is 0 Å². The molecular weight excluding hydrogens is 386 g/mol. The van der Waals surface area contributed by atoms with Gasteiger partial charge in [-0.3, -0.25) is 14.5 Å². The summed E-state index contributed by atoms with van der Waals surface area (Å²) in [7, 11) is 0. The van der Waals surface area contributed by atoms with Crippen LogP contribution >= 0.6 is 0 Å². The van der Waals surface area contributed by atoms with Crippen LogP contribution in [0.2, 0.25) is 0 Å². The number of rotatable bonds is 4. The van der Waals surface area contributed by atoms with Gasteiger partial charge in [-0.05, 0) is 35.8 Å². The third kappa shape index (κ3) is 3.19. The average Bonchev–Trinajstić information content (AvgIpc) is 3.39. The molecule has 5 rings (SSSR count). The predicted molar refractivity (Wildman–Crippen MR) is 122 cm³/mol. The number of para-hydroxylation sites is 2. The minimum Gasteiger partial charge on any atom is -0.361 e. The Kier molecular flexibility index (Phi) is 4.59. The number of benzene rings is 2. The van der Waals surface area contributed by atoms with Gasteiger partial charge >= 0.3 is 0 Å². The number of hydrogen-bond acceptors (Lipinski definition) is 2. The van der Waals surface area contributed by atoms with Crippen LogP contribution < -0.4 is 0 Å². The molecule has 5 heteroatoms. The number of aromatic amines is 2. The summed E-state index contributed by atoms with van der Waals surface area (Å²) in [5, 5.41) is 2.20. The number of nitrogens with one attached hydrogen (secondary N) is 2. The van der Waals surface area contributed by atoms with Gasteiger partial charge in [-0.2, -0.15) is 0 Å². The Morgan fingerprint density at radius 1 is 0.871 bits per heavy atom. The number of hydrogen-bond donors (Lipinski definition) is 2. The molecule has 2 N–H and O–H groups in total. The summed E-state index contributed by atoms with van der Waals surface area (Å²) in [5.74, 6) is -0.640. The molecule has 5 nitrogen and oxygen atoms in total. The summed E-state index contributed by atoms with van der Waals surface area (Å²) in [6, 6.07) is 16.3. The smallest absolute Gasteiger partial charge is 0.227 e. The Bertz CT molecular complexity index is 1300. The molecule has 0 bridgehead atoms. The number of fused-ring (bicyclic) bond motifs is 2. The first kappa shape index (κ1) is 19.1. The highest BCUT2D eigenvalue weighted by Gasteiger charge is 2.33. The summed E-state index contributed by atoms with van der Waals surface area (Å²) in [6.45, 7) is 3.13. The third-order valence-corrected chi connectivity index (χ3v) is 6.09. The maximum absolute atomic E-state index is 12.6. The Morgan fingerprint density at radius 2 is 1.42 bits per heavy atom. The minimum atomic E-state index is -0.400. The van der Waals surface area contributed by atoms with E-state index in [1.807, 2.05) is 61.1 Å². The molecular formula is C26H23N3O2. The highest BCUT2D eigenvalue weighted by atomic mass is 16.2. The summed E-state index contributed by atoms with van der Waals surface area (Å²) in [6.07, 6.45) is 9.40. The van der Waals surface area contributed by atoms with Crippen LogP contribution in [0.3, 0.4) is 0 Å². The largest absolute Gasteiger partial charge is 0.361 e. The van der Waals surface area contributed by atoms with Gasteiger partial charge in [-0.1, -0.05) is 42.5 Å². The lowest BCUT2D eigenvalue weighted by Gasteiger charge is -2.30. The van der Waals surface area contributed by atoms with Crippen LogP contribution in [0.25, 0.3) is 21.8 Å². The molecule has 2 aromatic carbocycles. The molecule has 0 saturated carbocycles. The molecule has 0 fully saturated rings. The zero-order valence-electron chi connectivity index (χ0n) is 17.4. The molecule has 0 aliphatic carbocycles. The fraction of sp³-hybridized carbons (Fsp3) is 0.154. The van der Waals surface area contributed by atoms with Crippen molar-refractivity contribution in [2.75, 3.05) is 0 Å². The Hall–Kier alpha value is -3.86. The molecule has 1 atom stereocenters. The Balaban J connectivity index is 1.80. The molecule has 1 aliphatic heterocycles. The number of allylic oxidation sites excluding steroid dienone is 2. The molecule has 0 saturated heterocycles. The van der Waals surface area contributed by atoms with Gasteiger partial charge in [0.2, 0.25) is 5.91 Å². The van der Waals surface area contributed by atoms with Crippen molar-refractivity contribution in [1.82, 2.24) is 14.9 Å². The lowest BCUT2D eigenvalue weighted by Crippen LogP contribution is -2.27. The molecule has 31 heavy (non-hydrogen) atoms. The molecule has 3 heterocycles. The highest BCUT2D eigenvalue weighted by molar-refractivity contribution is 5.91. The van der Waals surface area contributed by atoms with Gasteiger partial charge in [0.25, 0.3) is 0 Å². The van der Waals surface area contributed by atoms with Gasteiger partial charge in [0.15, 0.2) is 0 Å².